The molecule has 0 saturated carbocycles. The molecule has 14 heavy (non-hydrogen) atoms. The molecule has 3 nitrogen and oxygen atoms in total. The summed E-state index contributed by atoms with van der Waals surface area (Å²) in [5.74, 6) is 0. The lowest BCUT2D eigenvalue weighted by atomic mass is 10.3. The molecule has 0 aliphatic heterocycles. The lowest BCUT2D eigenvalue weighted by Crippen LogP contribution is -2.16. The maximum Gasteiger partial charge on any atom is 0.208 e. The quantitative estimate of drug-likeness (QED) is 0.651. The van der Waals surface area contributed by atoms with Crippen molar-refractivity contribution in [3.8, 4) is 0 Å². The Hall–Kier alpha value is -1.29. The summed E-state index contributed by atoms with van der Waals surface area (Å²) in [6.45, 7) is 0. The minimum Gasteiger partial charge on any atom is -0.318 e. The molecule has 0 spiro atoms. The van der Waals surface area contributed by atoms with E-state index in [0.29, 0.717) is 0 Å². The fraction of sp³-hybridized carbons (Fsp3) is 0.300. The van der Waals surface area contributed by atoms with Crippen LogP contribution >= 0.6 is 11.3 Å². The van der Waals surface area contributed by atoms with Crippen LogP contribution in [0.15, 0.2) is 29.4 Å². The summed E-state index contributed by atoms with van der Waals surface area (Å²) in [5, 5.41) is 6.24. The molecule has 0 bridgehead atoms. The van der Waals surface area contributed by atoms with Gasteiger partial charge in [0, 0.05) is 21.1 Å². The van der Waals surface area contributed by atoms with E-state index in [1.165, 1.54) is 10.2 Å². The zero-order chi connectivity index (χ0) is 10.1. The van der Waals surface area contributed by atoms with Gasteiger partial charge in [0.15, 0.2) is 0 Å². The second-order valence-corrected chi connectivity index (χ2v) is 4.37. The van der Waals surface area contributed by atoms with Crippen LogP contribution in [0.25, 0.3) is 10.2 Å². The minimum atomic E-state index is 1.02. The van der Waals surface area contributed by atoms with Gasteiger partial charge in [-0.05, 0) is 12.1 Å². The first kappa shape index (κ1) is 9.27. The number of aromatic nitrogens is 1. The SMILES string of the molecule is CN(C)/N=c1\sc2ccccc2n1C. The molecule has 2 aromatic rings. The van der Waals surface area contributed by atoms with Crippen LogP contribution in [0.3, 0.4) is 0 Å². The van der Waals surface area contributed by atoms with Gasteiger partial charge in [-0.1, -0.05) is 23.5 Å². The third-order valence-electron chi connectivity index (χ3n) is 2.00. The number of fused-ring (bicyclic) bond motifs is 1. The summed E-state index contributed by atoms with van der Waals surface area (Å²) in [6.07, 6.45) is 0. The first-order chi connectivity index (χ1) is 6.68. The van der Waals surface area contributed by atoms with Crippen LogP contribution in [-0.2, 0) is 7.05 Å². The van der Waals surface area contributed by atoms with Crippen molar-refractivity contribution < 1.29 is 0 Å². The van der Waals surface area contributed by atoms with Gasteiger partial charge in [-0.25, -0.2) is 0 Å². The third-order valence-corrected chi connectivity index (χ3v) is 3.10. The van der Waals surface area contributed by atoms with Gasteiger partial charge in [0.05, 0.1) is 10.2 Å². The molecule has 1 aromatic heterocycles. The fourth-order valence-corrected chi connectivity index (χ4v) is 2.44. The van der Waals surface area contributed by atoms with Crippen molar-refractivity contribution in [1.29, 1.82) is 0 Å². The van der Waals surface area contributed by atoms with Gasteiger partial charge in [0.25, 0.3) is 0 Å². The Morgan fingerprint density at radius 1 is 1.29 bits per heavy atom. The van der Waals surface area contributed by atoms with E-state index in [4.69, 9.17) is 0 Å². The van der Waals surface area contributed by atoms with E-state index in [9.17, 15) is 0 Å². The van der Waals surface area contributed by atoms with E-state index in [-0.39, 0.29) is 0 Å². The molecule has 1 aromatic carbocycles. The van der Waals surface area contributed by atoms with E-state index in [2.05, 4.69) is 33.9 Å². The Labute approximate surface area is 86.9 Å². The molecule has 0 fully saturated rings. The predicted octanol–water partition coefficient (Wildman–Crippen LogP) is 1.62. The average Bonchev–Trinajstić information content (AvgIpc) is 2.44. The fourth-order valence-electron chi connectivity index (χ4n) is 1.35. The summed E-state index contributed by atoms with van der Waals surface area (Å²) < 4.78 is 3.38. The largest absolute Gasteiger partial charge is 0.318 e. The van der Waals surface area contributed by atoms with E-state index < -0.39 is 0 Å². The number of aryl methyl sites for hydroxylation is 1. The van der Waals surface area contributed by atoms with Crippen molar-refractivity contribution in [2.24, 2.45) is 12.1 Å². The van der Waals surface area contributed by atoms with Crippen LogP contribution in [0.2, 0.25) is 0 Å². The van der Waals surface area contributed by atoms with Crippen LogP contribution in [0, 0.1) is 0 Å². The smallest absolute Gasteiger partial charge is 0.208 e. The highest BCUT2D eigenvalue weighted by Gasteiger charge is 2.00. The number of para-hydroxylation sites is 1. The van der Waals surface area contributed by atoms with E-state index in [0.717, 1.165) is 4.80 Å². The highest BCUT2D eigenvalue weighted by Crippen LogP contribution is 2.14. The second kappa shape index (κ2) is 3.46. The van der Waals surface area contributed by atoms with Gasteiger partial charge < -0.3 is 9.58 Å². The van der Waals surface area contributed by atoms with Crippen molar-refractivity contribution in [3.05, 3.63) is 29.1 Å². The van der Waals surface area contributed by atoms with Gasteiger partial charge >= 0.3 is 0 Å². The normalized spacial score (nSPS) is 12.4. The maximum atomic E-state index is 4.41. The average molecular weight is 207 g/mol. The third kappa shape index (κ3) is 1.53. The van der Waals surface area contributed by atoms with Crippen molar-refractivity contribution >= 4 is 21.6 Å². The number of nitrogens with zero attached hydrogens (tertiary/aromatic N) is 3. The molecular formula is C10H13N3S. The van der Waals surface area contributed by atoms with Gasteiger partial charge in [0.2, 0.25) is 4.80 Å². The molecule has 0 radical (unpaired) electrons. The number of rotatable bonds is 1. The minimum absolute atomic E-state index is 1.02. The number of hydrogen-bond donors (Lipinski definition) is 0. The molecule has 0 aliphatic rings. The van der Waals surface area contributed by atoms with Crippen LogP contribution in [-0.4, -0.2) is 23.7 Å². The molecule has 0 atom stereocenters. The Morgan fingerprint density at radius 3 is 2.64 bits per heavy atom. The first-order valence-electron chi connectivity index (χ1n) is 4.45. The summed E-state index contributed by atoms with van der Waals surface area (Å²) in [7, 11) is 5.91. The lowest BCUT2D eigenvalue weighted by molar-refractivity contribution is 0.417. The van der Waals surface area contributed by atoms with Crippen LogP contribution in [0.5, 0.6) is 0 Å². The van der Waals surface area contributed by atoms with E-state index in [1.54, 1.807) is 11.3 Å². The maximum absolute atomic E-state index is 4.41. The van der Waals surface area contributed by atoms with Crippen LogP contribution < -0.4 is 4.80 Å². The van der Waals surface area contributed by atoms with Gasteiger partial charge in [0.1, 0.15) is 0 Å². The molecule has 0 amide bonds. The number of thiazole rings is 1. The lowest BCUT2D eigenvalue weighted by Gasteiger charge is -2.01. The molecule has 74 valence electrons. The molecule has 0 N–H and O–H groups in total. The van der Waals surface area contributed by atoms with Crippen molar-refractivity contribution in [2.45, 2.75) is 0 Å². The molecule has 0 saturated heterocycles. The standard InChI is InChI=1S/C10H13N3S/c1-12(2)11-10-13(3)8-6-4-5-7-9(8)14-10/h4-7H,1-3H3/b11-10-. The molecule has 2 rings (SSSR count). The Morgan fingerprint density at radius 2 is 2.00 bits per heavy atom. The summed E-state index contributed by atoms with van der Waals surface area (Å²) in [5.41, 5.74) is 1.23. The highest BCUT2D eigenvalue weighted by atomic mass is 32.1. The second-order valence-electron chi connectivity index (χ2n) is 3.36. The zero-order valence-corrected chi connectivity index (χ0v) is 9.38. The molecule has 4 heteroatoms. The van der Waals surface area contributed by atoms with Gasteiger partial charge in [-0.15, -0.1) is 5.10 Å². The van der Waals surface area contributed by atoms with Crippen LogP contribution in [0.4, 0.5) is 0 Å². The Bertz CT molecular complexity index is 507. The van der Waals surface area contributed by atoms with Crippen molar-refractivity contribution in [2.75, 3.05) is 14.1 Å². The van der Waals surface area contributed by atoms with Gasteiger partial charge in [-0.2, -0.15) is 0 Å². The highest BCUT2D eigenvalue weighted by molar-refractivity contribution is 7.16. The summed E-state index contributed by atoms with van der Waals surface area (Å²) in [4.78, 5) is 1.02. The van der Waals surface area contributed by atoms with Crippen molar-refractivity contribution in [1.82, 2.24) is 9.58 Å². The molecule has 0 unspecified atom stereocenters. The topological polar surface area (TPSA) is 20.5 Å². The number of benzene rings is 1. The molecular weight excluding hydrogens is 194 g/mol. The van der Waals surface area contributed by atoms with Crippen molar-refractivity contribution in [3.63, 3.8) is 0 Å². The van der Waals surface area contributed by atoms with E-state index in [1.807, 2.05) is 26.2 Å². The first-order valence-corrected chi connectivity index (χ1v) is 5.26. The molecule has 1 heterocycles. The Kier molecular flexibility index (Phi) is 2.29. The number of hydrogen-bond acceptors (Lipinski definition) is 3. The zero-order valence-electron chi connectivity index (χ0n) is 8.56. The van der Waals surface area contributed by atoms with E-state index >= 15 is 0 Å². The Balaban J connectivity index is 2.75. The summed E-state index contributed by atoms with van der Waals surface area (Å²) in [6, 6.07) is 8.34. The molecule has 0 aliphatic carbocycles. The summed E-state index contributed by atoms with van der Waals surface area (Å²) >= 11 is 1.71. The predicted molar refractivity (Wildman–Crippen MR) is 60.0 cm³/mol. The van der Waals surface area contributed by atoms with Crippen LogP contribution in [0.1, 0.15) is 0 Å². The monoisotopic (exact) mass is 207 g/mol. The van der Waals surface area contributed by atoms with Gasteiger partial charge in [-0.3, -0.25) is 0 Å².